The first-order valence-electron chi connectivity index (χ1n) is 5.44. The molecule has 0 fully saturated rings. The Bertz CT molecular complexity index is 437. The van der Waals surface area contributed by atoms with Crippen molar-refractivity contribution in [2.45, 2.75) is 12.8 Å². The number of fused-ring (bicyclic) bond motifs is 2. The summed E-state index contributed by atoms with van der Waals surface area (Å²) in [5.74, 6) is 0. The first-order chi connectivity index (χ1) is 7.43. The molecule has 73 valence electrons. The number of rotatable bonds is 0. The Labute approximate surface area is 90.6 Å². The van der Waals surface area contributed by atoms with Crippen LogP contribution in [0.3, 0.4) is 0 Å². The molecule has 0 saturated carbocycles. The van der Waals surface area contributed by atoms with Crippen LogP contribution in [0.2, 0.25) is 0 Å². The minimum Gasteiger partial charge on any atom is -0.0620 e. The zero-order valence-electron chi connectivity index (χ0n) is 8.61. The molecule has 0 saturated heterocycles. The normalized spacial score (nSPS) is 13.9. The molecule has 0 bridgehead atoms. The van der Waals surface area contributed by atoms with E-state index in [1.165, 1.54) is 22.3 Å². The van der Waals surface area contributed by atoms with Crippen molar-refractivity contribution >= 4 is 0 Å². The highest BCUT2D eigenvalue weighted by Crippen LogP contribution is 2.25. The van der Waals surface area contributed by atoms with E-state index in [2.05, 4.69) is 55.0 Å². The first-order valence-corrected chi connectivity index (χ1v) is 5.44. The van der Waals surface area contributed by atoms with Crippen molar-refractivity contribution in [2.24, 2.45) is 0 Å². The lowest BCUT2D eigenvalue weighted by Crippen LogP contribution is -1.90. The lowest BCUT2D eigenvalue weighted by molar-refractivity contribution is 0.965. The summed E-state index contributed by atoms with van der Waals surface area (Å²) in [6, 6.07) is 17.4. The van der Waals surface area contributed by atoms with Crippen LogP contribution in [0.25, 0.3) is 0 Å². The van der Waals surface area contributed by atoms with Gasteiger partial charge in [0.15, 0.2) is 0 Å². The third kappa shape index (κ3) is 1.56. The number of benzene rings is 2. The van der Waals surface area contributed by atoms with E-state index in [1.807, 2.05) is 0 Å². The van der Waals surface area contributed by atoms with Gasteiger partial charge in [0.1, 0.15) is 0 Å². The van der Waals surface area contributed by atoms with Crippen LogP contribution in [0.15, 0.2) is 48.5 Å². The van der Waals surface area contributed by atoms with Gasteiger partial charge in [-0.15, -0.1) is 0 Å². The van der Waals surface area contributed by atoms with Crippen LogP contribution in [0, 0.1) is 6.42 Å². The van der Waals surface area contributed by atoms with E-state index >= 15 is 0 Å². The molecule has 0 amide bonds. The molecule has 0 nitrogen and oxygen atoms in total. The van der Waals surface area contributed by atoms with E-state index in [-0.39, 0.29) is 0 Å². The maximum Gasteiger partial charge on any atom is 0.0204 e. The first kappa shape index (κ1) is 8.72. The fourth-order valence-corrected chi connectivity index (χ4v) is 2.24. The molecule has 0 heteroatoms. The molecule has 1 radical (unpaired) electrons. The van der Waals surface area contributed by atoms with Gasteiger partial charge in [-0.3, -0.25) is 0 Å². The van der Waals surface area contributed by atoms with Crippen molar-refractivity contribution in [2.75, 3.05) is 0 Å². The van der Waals surface area contributed by atoms with Crippen LogP contribution in [-0.4, -0.2) is 0 Å². The highest BCUT2D eigenvalue weighted by atomic mass is 14.2. The molecule has 0 N–H and O–H groups in total. The molecule has 2 aromatic carbocycles. The van der Waals surface area contributed by atoms with E-state index in [9.17, 15) is 0 Å². The van der Waals surface area contributed by atoms with Gasteiger partial charge in [0, 0.05) is 6.42 Å². The van der Waals surface area contributed by atoms with Crippen molar-refractivity contribution in [3.63, 3.8) is 0 Å². The lowest BCUT2D eigenvalue weighted by Gasteiger charge is -2.04. The summed E-state index contributed by atoms with van der Waals surface area (Å²) in [6.07, 6.45) is 4.62. The van der Waals surface area contributed by atoms with Crippen molar-refractivity contribution in [3.05, 3.63) is 77.2 Å². The Morgan fingerprint density at radius 2 is 1.07 bits per heavy atom. The molecule has 2 aromatic rings. The lowest BCUT2D eigenvalue weighted by atomic mass is 10.0. The maximum atomic E-state index is 2.30. The summed E-state index contributed by atoms with van der Waals surface area (Å²) < 4.78 is 0. The second-order valence-electron chi connectivity index (χ2n) is 4.04. The predicted octanol–water partition coefficient (Wildman–Crippen LogP) is 3.39. The van der Waals surface area contributed by atoms with Crippen LogP contribution in [-0.2, 0) is 12.8 Å². The summed E-state index contributed by atoms with van der Waals surface area (Å²) in [4.78, 5) is 0. The van der Waals surface area contributed by atoms with Crippen LogP contribution < -0.4 is 0 Å². The molecule has 0 aromatic heterocycles. The molecule has 0 atom stereocenters. The molecule has 0 spiro atoms. The van der Waals surface area contributed by atoms with Gasteiger partial charge in [0.05, 0.1) is 0 Å². The van der Waals surface area contributed by atoms with Crippen LogP contribution in [0.5, 0.6) is 0 Å². The van der Waals surface area contributed by atoms with E-state index in [4.69, 9.17) is 0 Å². The second-order valence-corrected chi connectivity index (χ2v) is 4.04. The number of hydrogen-bond donors (Lipinski definition) is 0. The second kappa shape index (κ2) is 3.54. The summed E-state index contributed by atoms with van der Waals surface area (Å²) in [7, 11) is 0. The predicted molar refractivity (Wildman–Crippen MR) is 62.8 cm³/mol. The Hall–Kier alpha value is -1.56. The van der Waals surface area contributed by atoms with Gasteiger partial charge >= 0.3 is 0 Å². The van der Waals surface area contributed by atoms with Gasteiger partial charge in [-0.25, -0.2) is 0 Å². The molecular formula is C15H13. The maximum absolute atomic E-state index is 2.30. The Balaban J connectivity index is 2.10. The average Bonchev–Trinajstić information content (AvgIpc) is 2.48. The Morgan fingerprint density at radius 3 is 1.60 bits per heavy atom. The molecular weight excluding hydrogens is 180 g/mol. The molecule has 0 aliphatic heterocycles. The third-order valence-electron chi connectivity index (χ3n) is 3.08. The van der Waals surface area contributed by atoms with Gasteiger partial charge in [0.2, 0.25) is 0 Å². The zero-order chi connectivity index (χ0) is 10.1. The minimum absolute atomic E-state index is 1.16. The molecule has 3 rings (SSSR count). The monoisotopic (exact) mass is 193 g/mol. The highest BCUT2D eigenvalue weighted by molar-refractivity contribution is 5.48. The summed E-state index contributed by atoms with van der Waals surface area (Å²) in [6.45, 7) is 0. The smallest absolute Gasteiger partial charge is 0.0204 e. The van der Waals surface area contributed by atoms with Crippen LogP contribution in [0.1, 0.15) is 22.3 Å². The van der Waals surface area contributed by atoms with Crippen molar-refractivity contribution < 1.29 is 0 Å². The van der Waals surface area contributed by atoms with Gasteiger partial charge in [0.25, 0.3) is 0 Å². The summed E-state index contributed by atoms with van der Waals surface area (Å²) >= 11 is 0. The van der Waals surface area contributed by atoms with Gasteiger partial charge in [-0.1, -0.05) is 48.5 Å². The van der Waals surface area contributed by atoms with E-state index in [0.717, 1.165) is 12.8 Å². The van der Waals surface area contributed by atoms with Crippen molar-refractivity contribution in [3.8, 4) is 0 Å². The van der Waals surface area contributed by atoms with Crippen LogP contribution >= 0.6 is 0 Å². The summed E-state index contributed by atoms with van der Waals surface area (Å²) in [5, 5.41) is 0. The fraction of sp³-hybridized carbons (Fsp3) is 0.133. The average molecular weight is 193 g/mol. The van der Waals surface area contributed by atoms with E-state index in [1.54, 1.807) is 0 Å². The topological polar surface area (TPSA) is 0 Å². The molecule has 0 unspecified atom stereocenters. The molecule has 0 heterocycles. The third-order valence-corrected chi connectivity index (χ3v) is 3.08. The minimum atomic E-state index is 1.16. The zero-order valence-corrected chi connectivity index (χ0v) is 8.61. The summed E-state index contributed by atoms with van der Waals surface area (Å²) in [5.41, 5.74) is 5.69. The Kier molecular flexibility index (Phi) is 2.06. The van der Waals surface area contributed by atoms with Crippen molar-refractivity contribution in [1.82, 2.24) is 0 Å². The van der Waals surface area contributed by atoms with E-state index < -0.39 is 0 Å². The SMILES string of the molecule is [CH]1c2ccccc2CCc2ccccc21. The largest absolute Gasteiger partial charge is 0.0620 e. The van der Waals surface area contributed by atoms with Gasteiger partial charge in [-0.05, 0) is 35.1 Å². The molecule has 1 aliphatic carbocycles. The van der Waals surface area contributed by atoms with Gasteiger partial charge < -0.3 is 0 Å². The molecule has 15 heavy (non-hydrogen) atoms. The fourth-order valence-electron chi connectivity index (χ4n) is 2.24. The van der Waals surface area contributed by atoms with E-state index in [0.29, 0.717) is 0 Å². The van der Waals surface area contributed by atoms with Gasteiger partial charge in [-0.2, -0.15) is 0 Å². The quantitative estimate of drug-likeness (QED) is 0.601. The standard InChI is InChI=1S/C15H13/c1-3-7-14-11-15-8-4-2-6-13(15)10-9-12(14)5-1/h1-8,11H,9-10H2. The van der Waals surface area contributed by atoms with Crippen molar-refractivity contribution in [1.29, 1.82) is 0 Å². The van der Waals surface area contributed by atoms with Crippen LogP contribution in [0.4, 0.5) is 0 Å². The molecule has 1 aliphatic rings. The highest BCUT2D eigenvalue weighted by Gasteiger charge is 2.11. The Morgan fingerprint density at radius 1 is 0.600 bits per heavy atom. The number of aryl methyl sites for hydroxylation is 2. The number of hydrogen-bond acceptors (Lipinski definition) is 0.